The molecule has 2 N–H and O–H groups in total. The fourth-order valence-corrected chi connectivity index (χ4v) is 1.65. The van der Waals surface area contributed by atoms with Crippen molar-refractivity contribution in [3.05, 3.63) is 24.3 Å². The van der Waals surface area contributed by atoms with Crippen molar-refractivity contribution in [3.8, 4) is 5.75 Å². The summed E-state index contributed by atoms with van der Waals surface area (Å²) < 4.78 is 39.5. The predicted molar refractivity (Wildman–Crippen MR) is 62.9 cm³/mol. The number of nitrogens with one attached hydrogen (secondary N) is 2. The van der Waals surface area contributed by atoms with Crippen molar-refractivity contribution in [2.45, 2.75) is 31.7 Å². The molecule has 2 amide bonds. The lowest BCUT2D eigenvalue weighted by molar-refractivity contribution is -0.274. The highest BCUT2D eigenvalue weighted by Gasteiger charge is 2.31. The first-order chi connectivity index (χ1) is 8.92. The van der Waals surface area contributed by atoms with E-state index in [-0.39, 0.29) is 17.8 Å². The van der Waals surface area contributed by atoms with Gasteiger partial charge >= 0.3 is 12.4 Å². The highest BCUT2D eigenvalue weighted by Crippen LogP contribution is 2.24. The van der Waals surface area contributed by atoms with E-state index in [1.54, 1.807) is 0 Å². The number of carbonyl (C=O) groups excluding carboxylic acids is 1. The van der Waals surface area contributed by atoms with E-state index in [0.29, 0.717) is 5.69 Å². The lowest BCUT2D eigenvalue weighted by Crippen LogP contribution is -2.41. The van der Waals surface area contributed by atoms with Crippen LogP contribution in [0.15, 0.2) is 24.3 Å². The van der Waals surface area contributed by atoms with Gasteiger partial charge < -0.3 is 15.4 Å². The molecule has 0 bridgehead atoms. The number of anilines is 1. The molecule has 0 atom stereocenters. The van der Waals surface area contributed by atoms with Crippen LogP contribution in [-0.2, 0) is 0 Å². The molecule has 1 aliphatic rings. The van der Waals surface area contributed by atoms with Crippen LogP contribution in [0.5, 0.6) is 5.75 Å². The lowest BCUT2D eigenvalue weighted by atomic mass is 9.93. The number of ether oxygens (including phenoxy) is 1. The summed E-state index contributed by atoms with van der Waals surface area (Å²) in [5.74, 6) is -0.322. The molecule has 0 heterocycles. The van der Waals surface area contributed by atoms with E-state index in [4.69, 9.17) is 0 Å². The molecular weight excluding hydrogens is 261 g/mol. The van der Waals surface area contributed by atoms with E-state index < -0.39 is 6.36 Å². The Balaban J connectivity index is 1.85. The third-order valence-electron chi connectivity index (χ3n) is 2.79. The molecule has 104 valence electrons. The maximum atomic E-state index is 11.9. The number of alkyl halides is 3. The Morgan fingerprint density at radius 3 is 2.32 bits per heavy atom. The van der Waals surface area contributed by atoms with Gasteiger partial charge in [-0.3, -0.25) is 0 Å². The van der Waals surface area contributed by atoms with Gasteiger partial charge in [-0.15, -0.1) is 13.2 Å². The highest BCUT2D eigenvalue weighted by molar-refractivity contribution is 5.89. The zero-order valence-electron chi connectivity index (χ0n) is 9.96. The van der Waals surface area contributed by atoms with E-state index in [0.717, 1.165) is 31.4 Å². The van der Waals surface area contributed by atoms with Gasteiger partial charge in [-0.2, -0.15) is 0 Å². The monoisotopic (exact) mass is 274 g/mol. The first-order valence-electron chi connectivity index (χ1n) is 5.86. The standard InChI is InChI=1S/C12H13F3N2O2/c13-12(14,15)19-10-6-4-9(5-7-10)17-11(18)16-8-2-1-3-8/h4-8H,1-3H2,(H2,16,17,18). The Kier molecular flexibility index (Phi) is 3.82. The minimum atomic E-state index is -4.71. The van der Waals surface area contributed by atoms with Crippen molar-refractivity contribution >= 4 is 11.7 Å². The predicted octanol–water partition coefficient (Wildman–Crippen LogP) is 3.26. The summed E-state index contributed by atoms with van der Waals surface area (Å²) in [4.78, 5) is 11.5. The topological polar surface area (TPSA) is 50.4 Å². The van der Waals surface area contributed by atoms with Gasteiger partial charge in [0.1, 0.15) is 5.75 Å². The van der Waals surface area contributed by atoms with Crippen LogP contribution in [0.4, 0.5) is 23.7 Å². The number of hydrogen-bond acceptors (Lipinski definition) is 2. The zero-order chi connectivity index (χ0) is 13.9. The Hall–Kier alpha value is -1.92. The maximum Gasteiger partial charge on any atom is 0.573 e. The number of halogens is 3. The van der Waals surface area contributed by atoms with Gasteiger partial charge in [-0.05, 0) is 43.5 Å². The average molecular weight is 274 g/mol. The Labute approximate surface area is 107 Å². The van der Waals surface area contributed by atoms with Crippen molar-refractivity contribution in [3.63, 3.8) is 0 Å². The van der Waals surface area contributed by atoms with Gasteiger partial charge in [0, 0.05) is 11.7 Å². The molecule has 2 rings (SSSR count). The smallest absolute Gasteiger partial charge is 0.406 e. The molecule has 0 aliphatic heterocycles. The molecule has 1 aromatic rings. The quantitative estimate of drug-likeness (QED) is 0.888. The van der Waals surface area contributed by atoms with E-state index in [2.05, 4.69) is 15.4 Å². The van der Waals surface area contributed by atoms with Crippen molar-refractivity contribution in [2.75, 3.05) is 5.32 Å². The number of urea groups is 1. The van der Waals surface area contributed by atoms with Gasteiger partial charge in [0.2, 0.25) is 0 Å². The number of benzene rings is 1. The van der Waals surface area contributed by atoms with E-state index in [9.17, 15) is 18.0 Å². The third-order valence-corrected chi connectivity index (χ3v) is 2.79. The van der Waals surface area contributed by atoms with E-state index in [1.165, 1.54) is 12.1 Å². The van der Waals surface area contributed by atoms with Crippen LogP contribution in [0.25, 0.3) is 0 Å². The average Bonchev–Trinajstić information content (AvgIpc) is 2.24. The van der Waals surface area contributed by atoms with Crippen LogP contribution in [0.2, 0.25) is 0 Å². The SMILES string of the molecule is O=C(Nc1ccc(OC(F)(F)F)cc1)NC1CCC1. The summed E-state index contributed by atoms with van der Waals surface area (Å²) >= 11 is 0. The van der Waals surface area contributed by atoms with Gasteiger partial charge in [0.25, 0.3) is 0 Å². The molecule has 7 heteroatoms. The summed E-state index contributed by atoms with van der Waals surface area (Å²) in [6.07, 6.45) is -1.68. The molecule has 0 aromatic heterocycles. The van der Waals surface area contributed by atoms with E-state index in [1.807, 2.05) is 0 Å². The molecule has 0 unspecified atom stereocenters. The summed E-state index contributed by atoms with van der Waals surface area (Å²) in [6, 6.07) is 4.84. The second kappa shape index (κ2) is 5.38. The lowest BCUT2D eigenvalue weighted by Gasteiger charge is -2.26. The fraction of sp³-hybridized carbons (Fsp3) is 0.417. The van der Waals surface area contributed by atoms with Gasteiger partial charge in [0.15, 0.2) is 0 Å². The molecule has 1 aliphatic carbocycles. The fourth-order valence-electron chi connectivity index (χ4n) is 1.65. The summed E-state index contributed by atoms with van der Waals surface area (Å²) in [7, 11) is 0. The van der Waals surface area contributed by atoms with Crippen LogP contribution in [0.1, 0.15) is 19.3 Å². The normalized spacial score (nSPS) is 15.5. The van der Waals surface area contributed by atoms with Crippen molar-refractivity contribution in [1.29, 1.82) is 0 Å². The molecule has 1 fully saturated rings. The largest absolute Gasteiger partial charge is 0.573 e. The highest BCUT2D eigenvalue weighted by atomic mass is 19.4. The number of rotatable bonds is 3. The molecule has 4 nitrogen and oxygen atoms in total. The molecule has 19 heavy (non-hydrogen) atoms. The molecule has 0 radical (unpaired) electrons. The molecule has 1 aromatic carbocycles. The maximum absolute atomic E-state index is 11.9. The van der Waals surface area contributed by atoms with Crippen LogP contribution in [-0.4, -0.2) is 18.4 Å². The minimum absolute atomic E-state index is 0.202. The van der Waals surface area contributed by atoms with Crippen molar-refractivity contribution in [2.24, 2.45) is 0 Å². The summed E-state index contributed by atoms with van der Waals surface area (Å²) in [6.45, 7) is 0. The van der Waals surface area contributed by atoms with Crippen molar-refractivity contribution < 1.29 is 22.7 Å². The van der Waals surface area contributed by atoms with Crippen LogP contribution in [0.3, 0.4) is 0 Å². The van der Waals surface area contributed by atoms with Gasteiger partial charge in [-0.25, -0.2) is 4.79 Å². The van der Waals surface area contributed by atoms with Crippen molar-refractivity contribution in [1.82, 2.24) is 5.32 Å². The molecule has 0 saturated heterocycles. The number of hydrogen-bond donors (Lipinski definition) is 2. The number of amides is 2. The van der Waals surface area contributed by atoms with Crippen LogP contribution in [0, 0.1) is 0 Å². The van der Waals surface area contributed by atoms with Gasteiger partial charge in [0.05, 0.1) is 0 Å². The van der Waals surface area contributed by atoms with Crippen LogP contribution >= 0.6 is 0 Å². The second-order valence-corrected chi connectivity index (χ2v) is 4.30. The van der Waals surface area contributed by atoms with Gasteiger partial charge in [-0.1, -0.05) is 0 Å². The Morgan fingerprint density at radius 2 is 1.84 bits per heavy atom. The first-order valence-corrected chi connectivity index (χ1v) is 5.86. The number of carbonyl (C=O) groups is 1. The first kappa shape index (κ1) is 13.5. The molecular formula is C12H13F3N2O2. The minimum Gasteiger partial charge on any atom is -0.406 e. The zero-order valence-corrected chi connectivity index (χ0v) is 9.96. The Bertz CT molecular complexity index is 441. The summed E-state index contributed by atoms with van der Waals surface area (Å²) in [5.41, 5.74) is 0.409. The van der Waals surface area contributed by atoms with E-state index >= 15 is 0 Å². The van der Waals surface area contributed by atoms with Crippen LogP contribution < -0.4 is 15.4 Å². The molecule has 1 saturated carbocycles. The Morgan fingerprint density at radius 1 is 1.21 bits per heavy atom. The summed E-state index contributed by atoms with van der Waals surface area (Å²) in [5, 5.41) is 5.30. The second-order valence-electron chi connectivity index (χ2n) is 4.30. The molecule has 0 spiro atoms. The third kappa shape index (κ3) is 4.35.